The van der Waals surface area contributed by atoms with E-state index >= 15 is 0 Å². The maximum absolute atomic E-state index is 12.5. The van der Waals surface area contributed by atoms with Crippen LogP contribution in [0.25, 0.3) is 5.76 Å². The molecule has 2 aliphatic rings. The van der Waals surface area contributed by atoms with Crippen LogP contribution >= 0.6 is 0 Å². The van der Waals surface area contributed by atoms with Crippen LogP contribution in [0.1, 0.15) is 23.5 Å². The van der Waals surface area contributed by atoms with Crippen LogP contribution in [0.15, 0.2) is 60.2 Å². The Balaban J connectivity index is 1.75. The van der Waals surface area contributed by atoms with Crippen molar-refractivity contribution in [2.24, 2.45) is 0 Å². The second-order valence-electron chi connectivity index (χ2n) is 5.44. The van der Waals surface area contributed by atoms with E-state index in [0.29, 0.717) is 17.6 Å². The standard InChI is InChI=1S/C18H14O3/c19-16(11-6-2-1-3-7-11)14-10-13-12-8-4-5-9-15(12)21-18(13)17(14)20/h1-9,13,18-19H,10H2/b16-14-. The van der Waals surface area contributed by atoms with E-state index in [2.05, 4.69) is 0 Å². The van der Waals surface area contributed by atoms with Gasteiger partial charge in [-0.1, -0.05) is 48.5 Å². The highest BCUT2D eigenvalue weighted by atomic mass is 16.5. The van der Waals surface area contributed by atoms with Crippen molar-refractivity contribution in [3.8, 4) is 5.75 Å². The third-order valence-electron chi connectivity index (χ3n) is 4.25. The molecule has 2 unspecified atom stereocenters. The van der Waals surface area contributed by atoms with Crippen molar-refractivity contribution in [1.29, 1.82) is 0 Å². The van der Waals surface area contributed by atoms with E-state index in [9.17, 15) is 9.90 Å². The highest BCUT2D eigenvalue weighted by Gasteiger charge is 2.47. The minimum atomic E-state index is -0.483. The minimum Gasteiger partial charge on any atom is -0.507 e. The lowest BCUT2D eigenvalue weighted by atomic mass is 9.97. The maximum Gasteiger partial charge on any atom is 0.203 e. The summed E-state index contributed by atoms with van der Waals surface area (Å²) >= 11 is 0. The molecule has 21 heavy (non-hydrogen) atoms. The van der Waals surface area contributed by atoms with Crippen LogP contribution in [0.2, 0.25) is 0 Å². The molecule has 0 bridgehead atoms. The number of rotatable bonds is 1. The van der Waals surface area contributed by atoms with Gasteiger partial charge < -0.3 is 9.84 Å². The average Bonchev–Trinajstić information content (AvgIpc) is 3.05. The first-order valence-electron chi connectivity index (χ1n) is 7.03. The molecule has 2 aromatic rings. The fraction of sp³-hybridized carbons (Fsp3) is 0.167. The number of ketones is 1. The molecule has 0 saturated heterocycles. The highest BCUT2D eigenvalue weighted by Crippen LogP contribution is 2.48. The molecule has 104 valence electrons. The van der Waals surface area contributed by atoms with E-state index in [0.717, 1.165) is 11.3 Å². The number of fused-ring (bicyclic) bond motifs is 3. The molecular weight excluding hydrogens is 264 g/mol. The van der Waals surface area contributed by atoms with Crippen LogP contribution in [0.4, 0.5) is 0 Å². The molecule has 3 heteroatoms. The van der Waals surface area contributed by atoms with Gasteiger partial charge in [0.15, 0.2) is 6.10 Å². The van der Waals surface area contributed by atoms with Crippen LogP contribution in [-0.4, -0.2) is 17.0 Å². The predicted octanol–water partition coefficient (Wildman–Crippen LogP) is 3.47. The maximum atomic E-state index is 12.5. The number of ether oxygens (including phenoxy) is 1. The topological polar surface area (TPSA) is 46.5 Å². The van der Waals surface area contributed by atoms with Crippen LogP contribution in [-0.2, 0) is 4.79 Å². The fourth-order valence-corrected chi connectivity index (χ4v) is 3.21. The molecule has 0 aromatic heterocycles. The number of para-hydroxylation sites is 1. The van der Waals surface area contributed by atoms with Gasteiger partial charge in [-0.05, 0) is 12.5 Å². The van der Waals surface area contributed by atoms with Gasteiger partial charge in [0.1, 0.15) is 11.5 Å². The Morgan fingerprint density at radius 3 is 2.57 bits per heavy atom. The molecule has 4 rings (SSSR count). The highest BCUT2D eigenvalue weighted by molar-refractivity contribution is 6.07. The Kier molecular flexibility index (Phi) is 2.61. The number of aliphatic hydroxyl groups is 1. The number of aliphatic hydroxyl groups excluding tert-OH is 1. The quantitative estimate of drug-likeness (QED) is 0.641. The lowest BCUT2D eigenvalue weighted by molar-refractivity contribution is -0.120. The molecule has 1 aliphatic carbocycles. The monoisotopic (exact) mass is 278 g/mol. The molecule has 0 amide bonds. The van der Waals surface area contributed by atoms with Crippen LogP contribution in [0, 0.1) is 0 Å². The van der Waals surface area contributed by atoms with E-state index < -0.39 is 6.10 Å². The first kappa shape index (κ1) is 12.2. The summed E-state index contributed by atoms with van der Waals surface area (Å²) in [5.41, 5.74) is 2.21. The number of hydrogen-bond donors (Lipinski definition) is 1. The number of carbonyl (C=O) groups is 1. The predicted molar refractivity (Wildman–Crippen MR) is 79.2 cm³/mol. The number of hydrogen-bond acceptors (Lipinski definition) is 3. The summed E-state index contributed by atoms with van der Waals surface area (Å²) in [4.78, 5) is 12.5. The van der Waals surface area contributed by atoms with Gasteiger partial charge in [0.05, 0.1) is 0 Å². The van der Waals surface area contributed by atoms with E-state index in [1.165, 1.54) is 0 Å². The van der Waals surface area contributed by atoms with Gasteiger partial charge in [0.2, 0.25) is 5.78 Å². The van der Waals surface area contributed by atoms with Crippen LogP contribution in [0.5, 0.6) is 5.75 Å². The van der Waals surface area contributed by atoms with Gasteiger partial charge in [-0.25, -0.2) is 0 Å². The van der Waals surface area contributed by atoms with Gasteiger partial charge in [-0.3, -0.25) is 4.79 Å². The summed E-state index contributed by atoms with van der Waals surface area (Å²) in [6.45, 7) is 0. The summed E-state index contributed by atoms with van der Waals surface area (Å²) in [5, 5.41) is 10.4. The normalized spacial score (nSPS) is 25.2. The average molecular weight is 278 g/mol. The van der Waals surface area contributed by atoms with Crippen molar-refractivity contribution >= 4 is 11.5 Å². The Morgan fingerprint density at radius 2 is 1.76 bits per heavy atom. The molecule has 2 aromatic carbocycles. The molecule has 1 heterocycles. The Morgan fingerprint density at radius 1 is 1.05 bits per heavy atom. The van der Waals surface area contributed by atoms with Crippen molar-refractivity contribution in [3.63, 3.8) is 0 Å². The van der Waals surface area contributed by atoms with Gasteiger partial charge in [-0.15, -0.1) is 0 Å². The SMILES string of the molecule is O=C1/C(=C(\O)c2ccccc2)CC2c3ccccc3OC12. The van der Waals surface area contributed by atoms with E-state index in [-0.39, 0.29) is 17.5 Å². The number of benzene rings is 2. The number of Topliss-reactive ketones (excluding diaryl/α,β-unsaturated/α-hetero) is 1. The summed E-state index contributed by atoms with van der Waals surface area (Å²) in [5.74, 6) is 0.794. The zero-order chi connectivity index (χ0) is 14.4. The van der Waals surface area contributed by atoms with Crippen molar-refractivity contribution in [2.75, 3.05) is 0 Å². The lowest BCUT2D eigenvalue weighted by Gasteiger charge is -2.07. The third kappa shape index (κ3) is 1.77. The second kappa shape index (κ2) is 4.48. The molecular formula is C18H14O3. The Hall–Kier alpha value is -2.55. The van der Waals surface area contributed by atoms with Gasteiger partial charge in [-0.2, -0.15) is 0 Å². The summed E-state index contributed by atoms with van der Waals surface area (Å²) < 4.78 is 5.76. The minimum absolute atomic E-state index is 0.0227. The smallest absolute Gasteiger partial charge is 0.203 e. The van der Waals surface area contributed by atoms with Gasteiger partial charge in [0.25, 0.3) is 0 Å². The fourth-order valence-electron chi connectivity index (χ4n) is 3.21. The van der Waals surface area contributed by atoms with Gasteiger partial charge in [0, 0.05) is 22.6 Å². The van der Waals surface area contributed by atoms with Crippen molar-refractivity contribution in [2.45, 2.75) is 18.4 Å². The summed E-state index contributed by atoms with van der Waals surface area (Å²) in [6.07, 6.45) is 0.0459. The molecule has 1 fully saturated rings. The summed E-state index contributed by atoms with van der Waals surface area (Å²) in [6, 6.07) is 16.9. The Bertz CT molecular complexity index is 746. The Labute approximate surface area is 122 Å². The van der Waals surface area contributed by atoms with Crippen molar-refractivity contribution in [1.82, 2.24) is 0 Å². The summed E-state index contributed by atoms with van der Waals surface area (Å²) in [7, 11) is 0. The zero-order valence-corrected chi connectivity index (χ0v) is 11.3. The van der Waals surface area contributed by atoms with Crippen molar-refractivity contribution in [3.05, 3.63) is 71.3 Å². The van der Waals surface area contributed by atoms with E-state index in [4.69, 9.17) is 4.74 Å². The first-order chi connectivity index (χ1) is 10.3. The molecule has 3 nitrogen and oxygen atoms in total. The molecule has 1 N–H and O–H groups in total. The molecule has 1 aliphatic heterocycles. The third-order valence-corrected chi connectivity index (χ3v) is 4.25. The molecule has 1 saturated carbocycles. The van der Waals surface area contributed by atoms with E-state index in [1.807, 2.05) is 42.5 Å². The number of carbonyl (C=O) groups excluding carboxylic acids is 1. The second-order valence-corrected chi connectivity index (χ2v) is 5.44. The zero-order valence-electron chi connectivity index (χ0n) is 11.3. The van der Waals surface area contributed by atoms with Crippen molar-refractivity contribution < 1.29 is 14.6 Å². The molecule has 0 spiro atoms. The largest absolute Gasteiger partial charge is 0.507 e. The molecule has 0 radical (unpaired) electrons. The lowest BCUT2D eigenvalue weighted by Crippen LogP contribution is -2.22. The molecule has 2 atom stereocenters. The van der Waals surface area contributed by atoms with E-state index in [1.54, 1.807) is 12.1 Å². The first-order valence-corrected chi connectivity index (χ1v) is 7.03. The van der Waals surface area contributed by atoms with Gasteiger partial charge >= 0.3 is 0 Å². The van der Waals surface area contributed by atoms with Crippen LogP contribution < -0.4 is 4.74 Å². The van der Waals surface area contributed by atoms with Crippen LogP contribution in [0.3, 0.4) is 0 Å².